The van der Waals surface area contributed by atoms with Crippen LogP contribution in [-0.2, 0) is 6.42 Å². The molecule has 15 heavy (non-hydrogen) atoms. The standard InChI is InChI=1S/C8H11F3N4/c1-2-6-13-7-12-4-3-5(8(9,10)11)15(7)14-6/h5H,2-4H2,1H3,(H,12,13,14). The first-order valence-electron chi connectivity index (χ1n) is 4.78. The van der Waals surface area contributed by atoms with Gasteiger partial charge < -0.3 is 5.32 Å². The normalized spacial score (nSPS) is 20.9. The third kappa shape index (κ3) is 1.78. The lowest BCUT2D eigenvalue weighted by Gasteiger charge is -2.25. The van der Waals surface area contributed by atoms with Gasteiger partial charge in [0.1, 0.15) is 0 Å². The summed E-state index contributed by atoms with van der Waals surface area (Å²) in [5.41, 5.74) is 0. The van der Waals surface area contributed by atoms with E-state index in [4.69, 9.17) is 0 Å². The monoisotopic (exact) mass is 220 g/mol. The van der Waals surface area contributed by atoms with Crippen LogP contribution in [0.15, 0.2) is 0 Å². The van der Waals surface area contributed by atoms with E-state index in [1.54, 1.807) is 0 Å². The van der Waals surface area contributed by atoms with Crippen molar-refractivity contribution in [3.05, 3.63) is 5.82 Å². The first-order valence-corrected chi connectivity index (χ1v) is 4.78. The van der Waals surface area contributed by atoms with E-state index in [-0.39, 0.29) is 18.9 Å². The Labute approximate surface area is 84.5 Å². The Hall–Kier alpha value is -1.27. The molecular weight excluding hydrogens is 209 g/mol. The predicted molar refractivity (Wildman–Crippen MR) is 47.6 cm³/mol. The van der Waals surface area contributed by atoms with Gasteiger partial charge in [-0.25, -0.2) is 4.68 Å². The second-order valence-corrected chi connectivity index (χ2v) is 3.42. The average Bonchev–Trinajstić information content (AvgIpc) is 2.57. The van der Waals surface area contributed by atoms with Crippen molar-refractivity contribution >= 4 is 5.95 Å². The highest BCUT2D eigenvalue weighted by atomic mass is 19.4. The van der Waals surface area contributed by atoms with Gasteiger partial charge in [-0.15, -0.1) is 0 Å². The first kappa shape index (κ1) is 10.3. The number of hydrogen-bond acceptors (Lipinski definition) is 3. The lowest BCUT2D eigenvalue weighted by molar-refractivity contribution is -0.171. The van der Waals surface area contributed by atoms with E-state index in [9.17, 15) is 13.2 Å². The van der Waals surface area contributed by atoms with Crippen molar-refractivity contribution in [2.45, 2.75) is 32.0 Å². The van der Waals surface area contributed by atoms with E-state index in [0.717, 1.165) is 4.68 Å². The molecule has 1 aromatic heterocycles. The van der Waals surface area contributed by atoms with Crippen molar-refractivity contribution in [2.24, 2.45) is 0 Å². The Morgan fingerprint density at radius 2 is 2.27 bits per heavy atom. The van der Waals surface area contributed by atoms with E-state index in [1.165, 1.54) is 0 Å². The molecule has 1 atom stereocenters. The largest absolute Gasteiger partial charge is 0.411 e. The summed E-state index contributed by atoms with van der Waals surface area (Å²) in [4.78, 5) is 3.97. The number of rotatable bonds is 1. The molecule has 1 unspecified atom stereocenters. The summed E-state index contributed by atoms with van der Waals surface area (Å²) in [6.07, 6.45) is -3.72. The fourth-order valence-electron chi connectivity index (χ4n) is 1.60. The van der Waals surface area contributed by atoms with Crippen molar-refractivity contribution in [1.29, 1.82) is 0 Å². The Kier molecular flexibility index (Phi) is 2.32. The summed E-state index contributed by atoms with van der Waals surface area (Å²) in [6, 6.07) is -1.54. The number of aryl methyl sites for hydroxylation is 1. The van der Waals surface area contributed by atoms with Crippen LogP contribution in [0.25, 0.3) is 0 Å². The Morgan fingerprint density at radius 1 is 1.53 bits per heavy atom. The number of anilines is 1. The maximum atomic E-state index is 12.6. The molecule has 1 aromatic rings. The number of halogens is 3. The van der Waals surface area contributed by atoms with Gasteiger partial charge in [-0.05, 0) is 6.42 Å². The zero-order chi connectivity index (χ0) is 11.1. The fraction of sp³-hybridized carbons (Fsp3) is 0.750. The molecule has 0 spiro atoms. The molecular formula is C8H11F3N4. The van der Waals surface area contributed by atoms with Crippen molar-refractivity contribution in [1.82, 2.24) is 14.8 Å². The Morgan fingerprint density at radius 3 is 2.87 bits per heavy atom. The van der Waals surface area contributed by atoms with Gasteiger partial charge in [-0.3, -0.25) is 0 Å². The van der Waals surface area contributed by atoms with Crippen molar-refractivity contribution in [2.75, 3.05) is 11.9 Å². The third-order valence-electron chi connectivity index (χ3n) is 2.37. The average molecular weight is 220 g/mol. The number of nitrogens with one attached hydrogen (secondary N) is 1. The van der Waals surface area contributed by atoms with Gasteiger partial charge in [0, 0.05) is 13.0 Å². The third-order valence-corrected chi connectivity index (χ3v) is 2.37. The molecule has 4 nitrogen and oxygen atoms in total. The van der Waals surface area contributed by atoms with E-state index >= 15 is 0 Å². The van der Waals surface area contributed by atoms with Crippen LogP contribution in [0, 0.1) is 0 Å². The molecule has 0 amide bonds. The van der Waals surface area contributed by atoms with Gasteiger partial charge in [-0.2, -0.15) is 23.3 Å². The summed E-state index contributed by atoms with van der Waals surface area (Å²) in [5.74, 6) is 0.661. The van der Waals surface area contributed by atoms with Crippen LogP contribution < -0.4 is 5.32 Å². The van der Waals surface area contributed by atoms with E-state index in [0.29, 0.717) is 12.2 Å². The minimum Gasteiger partial charge on any atom is -0.354 e. The van der Waals surface area contributed by atoms with Crippen LogP contribution in [0.4, 0.5) is 19.1 Å². The molecule has 0 aliphatic carbocycles. The second-order valence-electron chi connectivity index (χ2n) is 3.42. The molecule has 0 aromatic carbocycles. The summed E-state index contributed by atoms with van der Waals surface area (Å²) in [6.45, 7) is 2.09. The number of alkyl halides is 3. The molecule has 0 radical (unpaired) electrons. The van der Waals surface area contributed by atoms with Crippen LogP contribution in [-0.4, -0.2) is 27.5 Å². The zero-order valence-electron chi connectivity index (χ0n) is 8.17. The van der Waals surface area contributed by atoms with Crippen LogP contribution >= 0.6 is 0 Å². The Balaban J connectivity index is 2.37. The van der Waals surface area contributed by atoms with Gasteiger partial charge in [0.05, 0.1) is 0 Å². The minimum atomic E-state index is -4.25. The molecule has 7 heteroatoms. The van der Waals surface area contributed by atoms with Crippen LogP contribution in [0.2, 0.25) is 0 Å². The Bertz CT molecular complexity index is 357. The molecule has 1 aliphatic heterocycles. The quantitative estimate of drug-likeness (QED) is 0.784. The van der Waals surface area contributed by atoms with E-state index in [1.807, 2.05) is 6.92 Å². The second kappa shape index (κ2) is 3.39. The SMILES string of the molecule is CCc1nc2n(n1)C(C(F)(F)F)CCN2. The van der Waals surface area contributed by atoms with Crippen molar-refractivity contribution < 1.29 is 13.2 Å². The maximum absolute atomic E-state index is 12.6. The van der Waals surface area contributed by atoms with Gasteiger partial charge >= 0.3 is 6.18 Å². The van der Waals surface area contributed by atoms with Gasteiger partial charge in [0.2, 0.25) is 5.95 Å². The van der Waals surface area contributed by atoms with Gasteiger partial charge in [0.25, 0.3) is 0 Å². The summed E-state index contributed by atoms with van der Waals surface area (Å²) < 4.78 is 38.8. The van der Waals surface area contributed by atoms with E-state index in [2.05, 4.69) is 15.4 Å². The van der Waals surface area contributed by atoms with Crippen LogP contribution in [0.3, 0.4) is 0 Å². The molecule has 2 heterocycles. The molecule has 2 rings (SSSR count). The van der Waals surface area contributed by atoms with Crippen LogP contribution in [0.1, 0.15) is 25.2 Å². The highest BCUT2D eigenvalue weighted by molar-refractivity contribution is 5.28. The fourth-order valence-corrected chi connectivity index (χ4v) is 1.60. The summed E-state index contributed by atoms with van der Waals surface area (Å²) in [7, 11) is 0. The zero-order valence-corrected chi connectivity index (χ0v) is 8.17. The molecule has 0 saturated carbocycles. The molecule has 0 fully saturated rings. The van der Waals surface area contributed by atoms with Crippen molar-refractivity contribution in [3.8, 4) is 0 Å². The highest BCUT2D eigenvalue weighted by Gasteiger charge is 2.44. The first-order chi connectivity index (χ1) is 7.02. The number of nitrogens with zero attached hydrogens (tertiary/aromatic N) is 3. The summed E-state index contributed by atoms with van der Waals surface area (Å²) in [5, 5.41) is 6.65. The molecule has 84 valence electrons. The van der Waals surface area contributed by atoms with E-state index < -0.39 is 12.2 Å². The number of aromatic nitrogens is 3. The smallest absolute Gasteiger partial charge is 0.354 e. The topological polar surface area (TPSA) is 42.7 Å². The number of hydrogen-bond donors (Lipinski definition) is 1. The minimum absolute atomic E-state index is 0.00299. The molecule has 0 bridgehead atoms. The van der Waals surface area contributed by atoms with Crippen LogP contribution in [0.5, 0.6) is 0 Å². The number of fused-ring (bicyclic) bond motifs is 1. The predicted octanol–water partition coefficient (Wildman–Crippen LogP) is 1.76. The van der Waals surface area contributed by atoms with Gasteiger partial charge in [0.15, 0.2) is 11.9 Å². The maximum Gasteiger partial charge on any atom is 0.411 e. The van der Waals surface area contributed by atoms with Crippen molar-refractivity contribution in [3.63, 3.8) is 0 Å². The molecule has 1 N–H and O–H groups in total. The lowest BCUT2D eigenvalue weighted by atomic mass is 10.2. The molecule has 0 saturated heterocycles. The highest BCUT2D eigenvalue weighted by Crippen LogP contribution is 2.36. The lowest BCUT2D eigenvalue weighted by Crippen LogP contribution is -2.34. The molecule has 1 aliphatic rings. The van der Waals surface area contributed by atoms with Gasteiger partial charge in [-0.1, -0.05) is 6.92 Å². The summed E-state index contributed by atoms with van der Waals surface area (Å²) >= 11 is 0.